The minimum atomic E-state index is -3.81. The molecular formula is C44H48Cl2N10O6S2Si2. The molecule has 0 bridgehead atoms. The Kier molecular flexibility index (Phi) is 16.7. The van der Waals surface area contributed by atoms with Gasteiger partial charge in [-0.15, -0.1) is 0 Å². The van der Waals surface area contributed by atoms with Gasteiger partial charge >= 0.3 is 0 Å². The number of hydrogen-bond acceptors (Lipinski definition) is 15. The van der Waals surface area contributed by atoms with Crippen molar-refractivity contribution in [1.29, 1.82) is 21.0 Å². The predicted molar refractivity (Wildman–Crippen MR) is 261 cm³/mol. The van der Waals surface area contributed by atoms with Crippen LogP contribution in [0.25, 0.3) is 44.6 Å². The zero-order valence-corrected chi connectivity index (χ0v) is 43.3. The van der Waals surface area contributed by atoms with Gasteiger partial charge in [0.25, 0.3) is 0 Å². The lowest BCUT2D eigenvalue weighted by molar-refractivity contribution is 0.0897. The maximum Gasteiger partial charge on any atom is 0.249 e. The normalized spacial score (nSPS) is 11.6. The number of nitriles is 4. The summed E-state index contributed by atoms with van der Waals surface area (Å²) in [4.78, 5) is 17.8. The molecule has 6 rings (SSSR count). The van der Waals surface area contributed by atoms with E-state index in [-0.39, 0.29) is 46.7 Å². The highest BCUT2D eigenvalue weighted by Crippen LogP contribution is 2.40. The van der Waals surface area contributed by atoms with E-state index in [1.165, 1.54) is 38.1 Å². The van der Waals surface area contributed by atoms with Crippen LogP contribution < -0.4 is 9.47 Å². The van der Waals surface area contributed by atoms with Crippen LogP contribution in [0.1, 0.15) is 22.3 Å². The average Bonchev–Trinajstić information content (AvgIpc) is 3.82. The third kappa shape index (κ3) is 12.1. The van der Waals surface area contributed by atoms with E-state index in [1.807, 2.05) is 16.9 Å². The van der Waals surface area contributed by atoms with Gasteiger partial charge in [-0.25, -0.2) is 23.4 Å². The molecule has 2 aromatic carbocycles. The Balaban J connectivity index is 0.000000248. The van der Waals surface area contributed by atoms with Crippen LogP contribution in [0.2, 0.25) is 61.4 Å². The summed E-state index contributed by atoms with van der Waals surface area (Å²) in [6.45, 7) is 15.2. The molecule has 0 saturated heterocycles. The van der Waals surface area contributed by atoms with Gasteiger partial charge in [0.05, 0.1) is 68.7 Å². The molecule has 0 aliphatic carbocycles. The first-order valence-corrected chi connectivity index (χ1v) is 31.5. The fourth-order valence-electron chi connectivity index (χ4n) is 6.41. The molecule has 0 amide bonds. The first kappa shape index (κ1) is 51.5. The largest absolute Gasteiger partial charge is 0.495 e. The standard InChI is InChI=1S/C22H24ClN5O4SSi.C22H24ClN5O2SSi/c1-31-18-9-16(17(23)8-14(18)10-24)20-19-15(11-25)12-28(13-32-6-7-34(3,4)5)21(19)27-22(26-20)33(2,29)30;1-29-18-9-16(17(23)8-14(18)10-24)20-19-15(11-25)12-28(13-30-6-7-32(3,4)5)21(19)27-22(26-20)31-2/h8-9,12H,6-7,13H2,1-5H3;8-9,12H,6-7,13H2,1-5H3. The molecule has 0 fully saturated rings. The fraction of sp³-hybridized carbons (Fsp3) is 0.364. The van der Waals surface area contributed by atoms with Crippen molar-refractivity contribution in [3.05, 3.63) is 69.0 Å². The summed E-state index contributed by atoms with van der Waals surface area (Å²) >= 11 is 14.4. The molecule has 0 radical (unpaired) electrons. The molecule has 22 heteroatoms. The summed E-state index contributed by atoms with van der Waals surface area (Å²) in [5.41, 5.74) is 3.57. The number of hydrogen-bond donors (Lipinski definition) is 0. The van der Waals surface area contributed by atoms with Gasteiger partial charge < -0.3 is 28.1 Å². The van der Waals surface area contributed by atoms with Crippen LogP contribution in [-0.4, -0.2) is 93.6 Å². The Morgan fingerprint density at radius 3 is 1.42 bits per heavy atom. The van der Waals surface area contributed by atoms with Gasteiger partial charge in [0.15, 0.2) is 5.16 Å². The van der Waals surface area contributed by atoms with Crippen molar-refractivity contribution in [3.8, 4) is 58.3 Å². The van der Waals surface area contributed by atoms with E-state index in [1.54, 1.807) is 29.1 Å². The van der Waals surface area contributed by atoms with E-state index in [0.29, 0.717) is 73.5 Å². The van der Waals surface area contributed by atoms with Crippen molar-refractivity contribution in [2.45, 2.75) is 75.1 Å². The molecule has 4 aromatic heterocycles. The molecule has 6 aromatic rings. The Morgan fingerprint density at radius 2 is 1.06 bits per heavy atom. The summed E-state index contributed by atoms with van der Waals surface area (Å²) in [5.74, 6) is 0.624. The van der Waals surface area contributed by atoms with E-state index in [0.717, 1.165) is 18.3 Å². The van der Waals surface area contributed by atoms with Crippen molar-refractivity contribution < 1.29 is 27.4 Å². The highest BCUT2D eigenvalue weighted by molar-refractivity contribution is 7.98. The molecule has 344 valence electrons. The molecule has 0 aliphatic heterocycles. The van der Waals surface area contributed by atoms with Gasteiger partial charge in [0.1, 0.15) is 60.5 Å². The summed E-state index contributed by atoms with van der Waals surface area (Å²) in [6.07, 6.45) is 6.17. The monoisotopic (exact) mass is 1000 g/mol. The van der Waals surface area contributed by atoms with Gasteiger partial charge in [0, 0.05) is 59.1 Å². The highest BCUT2D eigenvalue weighted by atomic mass is 35.5. The summed E-state index contributed by atoms with van der Waals surface area (Å²) < 4.78 is 50.6. The Labute approximate surface area is 400 Å². The van der Waals surface area contributed by atoms with Crippen LogP contribution in [0, 0.1) is 45.3 Å². The lowest BCUT2D eigenvalue weighted by Crippen LogP contribution is -2.22. The van der Waals surface area contributed by atoms with Gasteiger partial charge in [0.2, 0.25) is 15.0 Å². The van der Waals surface area contributed by atoms with Crippen molar-refractivity contribution in [1.82, 2.24) is 29.1 Å². The third-order valence-electron chi connectivity index (χ3n) is 9.93. The number of rotatable bonds is 16. The number of ether oxygens (including phenoxy) is 4. The maximum absolute atomic E-state index is 12.4. The molecule has 0 N–H and O–H groups in total. The molecule has 0 spiro atoms. The van der Waals surface area contributed by atoms with E-state index in [2.05, 4.69) is 77.4 Å². The first-order valence-electron chi connectivity index (χ1n) is 20.2. The summed E-state index contributed by atoms with van der Waals surface area (Å²) in [5, 5.41) is 39.9. The third-order valence-corrected chi connectivity index (χ3v) is 15.4. The summed E-state index contributed by atoms with van der Waals surface area (Å²) in [6, 6.07) is 16.6. The highest BCUT2D eigenvalue weighted by Gasteiger charge is 2.26. The second kappa shape index (κ2) is 21.4. The number of halogens is 2. The molecule has 16 nitrogen and oxygen atoms in total. The minimum absolute atomic E-state index is 0.0900. The Bertz CT molecular complexity index is 3100. The molecule has 66 heavy (non-hydrogen) atoms. The Morgan fingerprint density at radius 1 is 0.652 bits per heavy atom. The average molecular weight is 1000 g/mol. The van der Waals surface area contributed by atoms with E-state index in [4.69, 9.17) is 42.1 Å². The van der Waals surface area contributed by atoms with Gasteiger partial charge in [-0.1, -0.05) is 74.2 Å². The SMILES string of the molecule is COc1cc(-c2nc(S(C)(=O)=O)nc3c2c(C#N)cn3COCC[Si](C)(C)C)c(Cl)cc1C#N.COc1cc(-c2nc(SC)nc3c2c(C#N)cn3COCC[Si](C)(C)C)c(Cl)cc1C#N. The van der Waals surface area contributed by atoms with Crippen LogP contribution in [0.5, 0.6) is 11.5 Å². The summed E-state index contributed by atoms with van der Waals surface area (Å²) in [7, 11) is -3.42. The smallest absolute Gasteiger partial charge is 0.249 e. The van der Waals surface area contributed by atoms with Gasteiger partial charge in [-0.3, -0.25) is 0 Å². The van der Waals surface area contributed by atoms with Crippen LogP contribution in [0.15, 0.2) is 47.0 Å². The van der Waals surface area contributed by atoms with E-state index in [9.17, 15) is 29.5 Å². The number of methoxy groups -OCH3 is 2. The lowest BCUT2D eigenvalue weighted by atomic mass is 10.0. The number of sulfone groups is 1. The van der Waals surface area contributed by atoms with Crippen molar-refractivity contribution >= 4 is 83.0 Å². The number of thioether (sulfide) groups is 1. The second-order valence-corrected chi connectivity index (χ2v) is 32.1. The maximum atomic E-state index is 12.4. The first-order chi connectivity index (χ1) is 31.1. The van der Waals surface area contributed by atoms with E-state index >= 15 is 0 Å². The number of aromatic nitrogens is 6. The molecule has 0 saturated carbocycles. The Hall–Kier alpha value is -5.53. The molecule has 0 aliphatic rings. The van der Waals surface area contributed by atoms with Crippen LogP contribution >= 0.6 is 35.0 Å². The zero-order chi connectivity index (χ0) is 48.7. The van der Waals surface area contributed by atoms with Gasteiger partial charge in [-0.05, 0) is 42.6 Å². The van der Waals surface area contributed by atoms with Gasteiger partial charge in [-0.2, -0.15) is 26.0 Å². The lowest BCUT2D eigenvalue weighted by Gasteiger charge is -2.16. The quantitative estimate of drug-likeness (QED) is 0.0380. The van der Waals surface area contributed by atoms with Crippen LogP contribution in [-0.2, 0) is 32.8 Å². The van der Waals surface area contributed by atoms with E-state index < -0.39 is 31.1 Å². The number of nitrogens with zero attached hydrogens (tertiary/aromatic N) is 10. The minimum Gasteiger partial charge on any atom is -0.495 e. The molecule has 4 heterocycles. The molecular weight excluding hydrogens is 956 g/mol. The van der Waals surface area contributed by atoms with Crippen molar-refractivity contribution in [2.75, 3.05) is 39.9 Å². The van der Waals surface area contributed by atoms with Crippen LogP contribution in [0.3, 0.4) is 0 Å². The van der Waals surface area contributed by atoms with Crippen molar-refractivity contribution in [3.63, 3.8) is 0 Å². The molecule has 0 atom stereocenters. The molecule has 0 unspecified atom stereocenters. The topological polar surface area (TPSA) is 228 Å². The number of benzene rings is 2. The fourth-order valence-corrected chi connectivity index (χ4v) is 9.30. The zero-order valence-electron chi connectivity index (χ0n) is 38.2. The predicted octanol–water partition coefficient (Wildman–Crippen LogP) is 9.76. The van der Waals surface area contributed by atoms with Crippen molar-refractivity contribution in [2.24, 2.45) is 0 Å². The number of fused-ring (bicyclic) bond motifs is 2. The second-order valence-electron chi connectivity index (χ2n) is 17.3. The van der Waals surface area contributed by atoms with Crippen LogP contribution in [0.4, 0.5) is 0 Å².